The molecule has 3 heteroatoms. The highest BCUT2D eigenvalue weighted by Gasteiger charge is 2.22. The van der Waals surface area contributed by atoms with E-state index >= 15 is 0 Å². The number of nitrogens with one attached hydrogen (secondary N) is 1. The van der Waals surface area contributed by atoms with Crippen LogP contribution in [0.3, 0.4) is 0 Å². The van der Waals surface area contributed by atoms with Gasteiger partial charge in [0.1, 0.15) is 5.82 Å². The number of hydrogen-bond acceptors (Lipinski definition) is 2. The highest BCUT2D eigenvalue weighted by Crippen LogP contribution is 2.36. The normalized spacial score (nSPS) is 18.3. The Morgan fingerprint density at radius 1 is 1.33 bits per heavy atom. The first-order valence-electron chi connectivity index (χ1n) is 8.65. The van der Waals surface area contributed by atoms with E-state index in [9.17, 15) is 0 Å². The third-order valence-electron chi connectivity index (χ3n) is 4.67. The SMILES string of the molecule is C=C/C=C(\C=C/C)C(=C/C)/c1cc(C2CCN(C)CC2)[nH]c1N=C. The minimum Gasteiger partial charge on any atom is -0.343 e. The van der Waals surface area contributed by atoms with Crippen molar-refractivity contribution in [2.75, 3.05) is 20.1 Å². The standard InChI is InChI=1S/C21H29N3/c1-6-9-16(10-7-2)18(8-3)19-15-20(23-21(19)22-4)17-11-13-24(5)14-12-17/h6-10,15,17,23H,1,4,11-14H2,2-3,5H3/b10-7-,16-9+,18-8-. The molecule has 1 saturated heterocycles. The number of aromatic amines is 1. The molecule has 0 amide bonds. The lowest BCUT2D eigenvalue weighted by molar-refractivity contribution is 0.253. The third-order valence-corrected chi connectivity index (χ3v) is 4.67. The minimum absolute atomic E-state index is 0.571. The van der Waals surface area contributed by atoms with Gasteiger partial charge in [-0.2, -0.15) is 0 Å². The van der Waals surface area contributed by atoms with E-state index in [1.807, 2.05) is 25.2 Å². The van der Waals surface area contributed by atoms with E-state index in [1.54, 1.807) is 0 Å². The molecule has 0 unspecified atom stereocenters. The zero-order valence-electron chi connectivity index (χ0n) is 15.2. The zero-order valence-corrected chi connectivity index (χ0v) is 15.2. The second kappa shape index (κ2) is 8.65. The molecule has 3 nitrogen and oxygen atoms in total. The molecule has 1 fully saturated rings. The molecule has 0 aromatic carbocycles. The molecule has 1 aliphatic heterocycles. The van der Waals surface area contributed by atoms with Gasteiger partial charge in [0.15, 0.2) is 0 Å². The Labute approximate surface area is 146 Å². The Kier molecular flexibility index (Phi) is 6.56. The minimum atomic E-state index is 0.571. The number of likely N-dealkylation sites (tertiary alicyclic amines) is 1. The first-order chi connectivity index (χ1) is 11.6. The molecule has 0 atom stereocenters. The number of nitrogens with zero attached hydrogens (tertiary/aromatic N) is 2. The fourth-order valence-corrected chi connectivity index (χ4v) is 3.35. The summed E-state index contributed by atoms with van der Waals surface area (Å²) in [5.41, 5.74) is 4.69. The van der Waals surface area contributed by atoms with Gasteiger partial charge < -0.3 is 9.88 Å². The number of aliphatic imine (C=N–C) groups is 1. The van der Waals surface area contributed by atoms with Gasteiger partial charge >= 0.3 is 0 Å². The second-order valence-corrected chi connectivity index (χ2v) is 6.28. The van der Waals surface area contributed by atoms with Gasteiger partial charge in [-0.05, 0) is 70.8 Å². The van der Waals surface area contributed by atoms with Gasteiger partial charge in [-0.15, -0.1) is 0 Å². The van der Waals surface area contributed by atoms with Crippen molar-refractivity contribution in [3.63, 3.8) is 0 Å². The maximum absolute atomic E-state index is 4.24. The van der Waals surface area contributed by atoms with Crippen LogP contribution in [0.1, 0.15) is 43.9 Å². The van der Waals surface area contributed by atoms with Crippen molar-refractivity contribution in [3.05, 3.63) is 59.9 Å². The Balaban J connectivity index is 2.40. The Hall–Kier alpha value is -2.13. The molecule has 2 rings (SSSR count). The van der Waals surface area contributed by atoms with Crippen LogP contribution in [0.4, 0.5) is 5.82 Å². The summed E-state index contributed by atoms with van der Waals surface area (Å²) in [6, 6.07) is 2.26. The van der Waals surface area contributed by atoms with Crippen LogP contribution in [0.5, 0.6) is 0 Å². The average molecular weight is 323 g/mol. The van der Waals surface area contributed by atoms with Gasteiger partial charge in [0, 0.05) is 17.2 Å². The van der Waals surface area contributed by atoms with Crippen molar-refractivity contribution in [2.24, 2.45) is 4.99 Å². The van der Waals surface area contributed by atoms with Crippen LogP contribution in [-0.2, 0) is 0 Å². The van der Waals surface area contributed by atoms with E-state index in [2.05, 4.69) is 60.4 Å². The van der Waals surface area contributed by atoms with Gasteiger partial charge in [-0.25, -0.2) is 4.99 Å². The van der Waals surface area contributed by atoms with Crippen molar-refractivity contribution < 1.29 is 0 Å². The average Bonchev–Trinajstić information content (AvgIpc) is 3.01. The first-order valence-corrected chi connectivity index (χ1v) is 8.65. The van der Waals surface area contributed by atoms with Crippen LogP contribution < -0.4 is 0 Å². The molecule has 0 aliphatic carbocycles. The summed E-state index contributed by atoms with van der Waals surface area (Å²) >= 11 is 0. The largest absolute Gasteiger partial charge is 0.343 e. The number of allylic oxidation sites excluding steroid dienone is 7. The van der Waals surface area contributed by atoms with E-state index in [0.717, 1.165) is 35.6 Å². The third kappa shape index (κ3) is 4.04. The molecule has 24 heavy (non-hydrogen) atoms. The Morgan fingerprint density at radius 2 is 2.04 bits per heavy atom. The summed E-state index contributed by atoms with van der Waals surface area (Å²) < 4.78 is 0. The van der Waals surface area contributed by atoms with E-state index in [4.69, 9.17) is 0 Å². The molecule has 1 aliphatic rings. The topological polar surface area (TPSA) is 31.4 Å². The highest BCUT2D eigenvalue weighted by molar-refractivity contribution is 5.87. The molecule has 1 N–H and O–H groups in total. The number of hydrogen-bond donors (Lipinski definition) is 1. The first kappa shape index (κ1) is 18.2. The van der Waals surface area contributed by atoms with Crippen LogP contribution in [0, 0.1) is 0 Å². The van der Waals surface area contributed by atoms with Crippen LogP contribution in [0.2, 0.25) is 0 Å². The van der Waals surface area contributed by atoms with E-state index in [0.29, 0.717) is 5.92 Å². The van der Waals surface area contributed by atoms with Crippen LogP contribution in [-0.4, -0.2) is 36.7 Å². The molecule has 1 aromatic rings. The smallest absolute Gasteiger partial charge is 0.137 e. The summed E-state index contributed by atoms with van der Waals surface area (Å²) in [5, 5.41) is 0. The predicted octanol–water partition coefficient (Wildman–Crippen LogP) is 5.25. The van der Waals surface area contributed by atoms with Crippen molar-refractivity contribution in [1.29, 1.82) is 0 Å². The molecule has 0 saturated carbocycles. The van der Waals surface area contributed by atoms with Gasteiger partial charge in [0.25, 0.3) is 0 Å². The lowest BCUT2D eigenvalue weighted by Crippen LogP contribution is -2.29. The molecule has 1 aromatic heterocycles. The monoisotopic (exact) mass is 323 g/mol. The fourth-order valence-electron chi connectivity index (χ4n) is 3.35. The summed E-state index contributed by atoms with van der Waals surface area (Å²) in [5.74, 6) is 1.43. The van der Waals surface area contributed by atoms with Crippen molar-refractivity contribution in [1.82, 2.24) is 9.88 Å². The van der Waals surface area contributed by atoms with E-state index < -0.39 is 0 Å². The highest BCUT2D eigenvalue weighted by atomic mass is 15.1. The lowest BCUT2D eigenvalue weighted by Gasteiger charge is -2.28. The molecule has 0 radical (unpaired) electrons. The van der Waals surface area contributed by atoms with Crippen LogP contribution in [0.25, 0.3) is 5.57 Å². The van der Waals surface area contributed by atoms with Crippen LogP contribution >= 0.6 is 0 Å². The number of aromatic nitrogens is 1. The van der Waals surface area contributed by atoms with E-state index in [1.165, 1.54) is 18.5 Å². The number of H-pyrrole nitrogens is 1. The van der Waals surface area contributed by atoms with Crippen molar-refractivity contribution in [2.45, 2.75) is 32.6 Å². The van der Waals surface area contributed by atoms with Gasteiger partial charge in [0.2, 0.25) is 0 Å². The molecule has 128 valence electrons. The summed E-state index contributed by atoms with van der Waals surface area (Å²) in [6.07, 6.45) is 12.5. The quantitative estimate of drug-likeness (QED) is 0.563. The predicted molar refractivity (Wildman–Crippen MR) is 106 cm³/mol. The maximum atomic E-state index is 4.24. The molecular formula is C21H29N3. The van der Waals surface area contributed by atoms with Crippen molar-refractivity contribution in [3.8, 4) is 0 Å². The second-order valence-electron chi connectivity index (χ2n) is 6.28. The Bertz CT molecular complexity index is 665. The van der Waals surface area contributed by atoms with Gasteiger partial charge in [-0.1, -0.05) is 37.0 Å². The maximum Gasteiger partial charge on any atom is 0.137 e. The van der Waals surface area contributed by atoms with Crippen molar-refractivity contribution >= 4 is 18.1 Å². The van der Waals surface area contributed by atoms with Gasteiger partial charge in [0.05, 0.1) is 0 Å². The molecule has 2 heterocycles. The summed E-state index contributed by atoms with van der Waals surface area (Å²) in [6.45, 7) is 14.0. The van der Waals surface area contributed by atoms with Gasteiger partial charge in [-0.3, -0.25) is 0 Å². The van der Waals surface area contributed by atoms with E-state index in [-0.39, 0.29) is 0 Å². The molecule has 0 spiro atoms. The Morgan fingerprint density at radius 3 is 2.58 bits per heavy atom. The summed E-state index contributed by atoms with van der Waals surface area (Å²) in [4.78, 5) is 10.1. The number of rotatable bonds is 6. The lowest BCUT2D eigenvalue weighted by atomic mass is 9.92. The molecule has 0 bridgehead atoms. The van der Waals surface area contributed by atoms with Crippen LogP contribution in [0.15, 0.2) is 53.6 Å². The zero-order chi connectivity index (χ0) is 17.5. The summed E-state index contributed by atoms with van der Waals surface area (Å²) in [7, 11) is 2.19. The molecular weight excluding hydrogens is 294 g/mol. The fraction of sp³-hybridized carbons (Fsp3) is 0.381. The number of piperidine rings is 1.